The Bertz CT molecular complexity index is 773. The molecule has 0 spiro atoms. The van der Waals surface area contributed by atoms with Crippen LogP contribution in [0.15, 0.2) is 30.3 Å². The smallest absolute Gasteiger partial charge is 0.410 e. The van der Waals surface area contributed by atoms with E-state index in [0.717, 1.165) is 6.07 Å². The van der Waals surface area contributed by atoms with Gasteiger partial charge in [0.25, 0.3) is 0 Å². The van der Waals surface area contributed by atoms with Crippen molar-refractivity contribution in [3.05, 3.63) is 41.6 Å². The van der Waals surface area contributed by atoms with Gasteiger partial charge in [0.05, 0.1) is 13.2 Å². The van der Waals surface area contributed by atoms with Crippen molar-refractivity contribution in [1.29, 1.82) is 0 Å². The van der Waals surface area contributed by atoms with Crippen LogP contribution in [0.1, 0.15) is 34.6 Å². The molecule has 9 heteroatoms. The molecular weight excluding hydrogens is 327 g/mol. The molecule has 1 aromatic heterocycles. The Hall–Kier alpha value is -2.71. The molecule has 3 rings (SSSR count). The Kier molecular flexibility index (Phi) is 3.86. The summed E-state index contributed by atoms with van der Waals surface area (Å²) in [6.07, 6.45) is -4.85. The van der Waals surface area contributed by atoms with Crippen LogP contribution < -0.4 is 10.1 Å². The van der Waals surface area contributed by atoms with Crippen LogP contribution in [0, 0.1) is 0 Å². The van der Waals surface area contributed by atoms with E-state index in [1.165, 1.54) is 7.11 Å². The Morgan fingerprint density at radius 2 is 2.17 bits per heavy atom. The van der Waals surface area contributed by atoms with E-state index < -0.39 is 29.9 Å². The molecule has 0 unspecified atom stereocenters. The SMILES string of the molecule is COc1cccc([C@@H]2C[C@H](C(F)(F)F)n3nc(C(=O)O)cc3N2)c1. The van der Waals surface area contributed by atoms with Gasteiger partial charge in [0.1, 0.15) is 11.6 Å². The van der Waals surface area contributed by atoms with Crippen molar-refractivity contribution < 1.29 is 27.8 Å². The number of aromatic nitrogens is 2. The van der Waals surface area contributed by atoms with Crippen molar-refractivity contribution in [3.8, 4) is 5.75 Å². The number of nitrogens with zero attached hydrogens (tertiary/aromatic N) is 2. The molecule has 2 aromatic rings. The number of benzene rings is 1. The second kappa shape index (κ2) is 5.73. The molecule has 0 aliphatic carbocycles. The Morgan fingerprint density at radius 3 is 2.79 bits per heavy atom. The minimum Gasteiger partial charge on any atom is -0.497 e. The second-order valence-corrected chi connectivity index (χ2v) is 5.43. The Balaban J connectivity index is 2.02. The van der Waals surface area contributed by atoms with Gasteiger partial charge >= 0.3 is 12.1 Å². The number of carboxylic acid groups (broad SMARTS) is 1. The molecule has 0 radical (unpaired) electrons. The standard InChI is InChI=1S/C15H14F3N3O3/c1-24-9-4-2-3-8(5-9)10-6-12(15(16,17)18)21-13(19-10)7-11(20-21)14(22)23/h2-5,7,10,12,19H,6H2,1H3,(H,22,23)/t10-,12+/m0/s1. The fourth-order valence-corrected chi connectivity index (χ4v) is 2.75. The minimum absolute atomic E-state index is 0.0220. The van der Waals surface area contributed by atoms with Crippen LogP contribution in [0.4, 0.5) is 19.0 Å². The summed E-state index contributed by atoms with van der Waals surface area (Å²) in [5, 5.41) is 15.5. The summed E-state index contributed by atoms with van der Waals surface area (Å²) in [6, 6.07) is 5.28. The zero-order valence-electron chi connectivity index (χ0n) is 12.5. The van der Waals surface area contributed by atoms with Gasteiger partial charge in [-0.3, -0.25) is 0 Å². The average Bonchev–Trinajstić information content (AvgIpc) is 2.97. The van der Waals surface area contributed by atoms with E-state index in [4.69, 9.17) is 9.84 Å². The molecule has 2 N–H and O–H groups in total. The lowest BCUT2D eigenvalue weighted by molar-refractivity contribution is -0.173. The fourth-order valence-electron chi connectivity index (χ4n) is 2.75. The molecule has 0 bridgehead atoms. The van der Waals surface area contributed by atoms with E-state index >= 15 is 0 Å². The van der Waals surface area contributed by atoms with E-state index in [1.807, 2.05) is 0 Å². The van der Waals surface area contributed by atoms with Gasteiger partial charge in [-0.05, 0) is 17.7 Å². The number of anilines is 1. The molecule has 128 valence electrons. The van der Waals surface area contributed by atoms with E-state index in [0.29, 0.717) is 16.0 Å². The zero-order valence-corrected chi connectivity index (χ0v) is 12.5. The first-order valence-electron chi connectivity index (χ1n) is 7.09. The predicted molar refractivity (Wildman–Crippen MR) is 78.3 cm³/mol. The first-order chi connectivity index (χ1) is 11.3. The van der Waals surface area contributed by atoms with Crippen molar-refractivity contribution in [2.24, 2.45) is 0 Å². The maximum atomic E-state index is 13.4. The van der Waals surface area contributed by atoms with Gasteiger partial charge in [-0.25, -0.2) is 9.48 Å². The van der Waals surface area contributed by atoms with Crippen LogP contribution in [0.3, 0.4) is 0 Å². The normalized spacial score (nSPS) is 20.2. The first-order valence-corrected chi connectivity index (χ1v) is 7.09. The van der Waals surface area contributed by atoms with Crippen LogP contribution in [-0.4, -0.2) is 34.1 Å². The highest BCUT2D eigenvalue weighted by molar-refractivity contribution is 5.86. The topological polar surface area (TPSA) is 76.4 Å². The van der Waals surface area contributed by atoms with E-state index in [-0.39, 0.29) is 12.2 Å². The molecule has 2 atom stereocenters. The lowest BCUT2D eigenvalue weighted by atomic mass is 9.97. The number of hydrogen-bond acceptors (Lipinski definition) is 4. The van der Waals surface area contributed by atoms with Crippen molar-refractivity contribution in [3.63, 3.8) is 0 Å². The minimum atomic E-state index is -4.55. The van der Waals surface area contributed by atoms with Crippen LogP contribution in [-0.2, 0) is 0 Å². The third-order valence-corrected chi connectivity index (χ3v) is 3.91. The quantitative estimate of drug-likeness (QED) is 0.896. The summed E-state index contributed by atoms with van der Waals surface area (Å²) in [7, 11) is 1.47. The highest BCUT2D eigenvalue weighted by Crippen LogP contribution is 2.43. The highest BCUT2D eigenvalue weighted by atomic mass is 19.4. The Labute approximate surface area is 134 Å². The maximum absolute atomic E-state index is 13.4. The van der Waals surface area contributed by atoms with Crippen LogP contribution in [0.5, 0.6) is 5.75 Å². The molecule has 1 aromatic carbocycles. The summed E-state index contributed by atoms with van der Waals surface area (Å²) in [6.45, 7) is 0. The van der Waals surface area contributed by atoms with Gasteiger partial charge < -0.3 is 15.2 Å². The van der Waals surface area contributed by atoms with Gasteiger partial charge in [0.15, 0.2) is 11.7 Å². The molecule has 0 fully saturated rings. The number of carbonyl (C=O) groups is 1. The number of methoxy groups -OCH3 is 1. The van der Waals surface area contributed by atoms with Crippen molar-refractivity contribution in [2.45, 2.75) is 24.7 Å². The van der Waals surface area contributed by atoms with E-state index in [1.54, 1.807) is 24.3 Å². The maximum Gasteiger partial charge on any atom is 0.410 e. The molecule has 6 nitrogen and oxygen atoms in total. The Morgan fingerprint density at radius 1 is 1.42 bits per heavy atom. The lowest BCUT2D eigenvalue weighted by Gasteiger charge is -2.33. The molecule has 2 heterocycles. The number of carboxylic acids is 1. The molecule has 1 aliphatic heterocycles. The molecular formula is C15H14F3N3O3. The van der Waals surface area contributed by atoms with Crippen LogP contribution in [0.25, 0.3) is 0 Å². The van der Waals surface area contributed by atoms with Gasteiger partial charge in [-0.1, -0.05) is 12.1 Å². The van der Waals surface area contributed by atoms with Gasteiger partial charge in [-0.2, -0.15) is 18.3 Å². The van der Waals surface area contributed by atoms with Gasteiger partial charge in [0, 0.05) is 12.5 Å². The lowest BCUT2D eigenvalue weighted by Crippen LogP contribution is -2.35. The summed E-state index contributed by atoms with van der Waals surface area (Å²) in [5.41, 5.74) is 0.186. The average molecular weight is 341 g/mol. The number of hydrogen-bond donors (Lipinski definition) is 2. The van der Waals surface area contributed by atoms with Crippen molar-refractivity contribution in [1.82, 2.24) is 9.78 Å². The summed E-state index contributed by atoms with van der Waals surface area (Å²) in [5.74, 6) is -0.825. The number of alkyl halides is 3. The molecule has 0 amide bonds. The van der Waals surface area contributed by atoms with Crippen LogP contribution >= 0.6 is 0 Å². The van der Waals surface area contributed by atoms with E-state index in [9.17, 15) is 18.0 Å². The van der Waals surface area contributed by atoms with E-state index in [2.05, 4.69) is 10.4 Å². The van der Waals surface area contributed by atoms with Crippen molar-refractivity contribution >= 4 is 11.8 Å². The van der Waals surface area contributed by atoms with Gasteiger partial charge in [0.2, 0.25) is 0 Å². The largest absolute Gasteiger partial charge is 0.497 e. The number of fused-ring (bicyclic) bond motifs is 1. The second-order valence-electron chi connectivity index (χ2n) is 5.43. The number of ether oxygens (including phenoxy) is 1. The fraction of sp³-hybridized carbons (Fsp3) is 0.333. The summed E-state index contributed by atoms with van der Waals surface area (Å²) >= 11 is 0. The molecule has 0 saturated heterocycles. The number of halogens is 3. The highest BCUT2D eigenvalue weighted by Gasteiger charge is 2.46. The monoisotopic (exact) mass is 341 g/mol. The third kappa shape index (κ3) is 2.89. The molecule has 24 heavy (non-hydrogen) atoms. The molecule has 0 saturated carbocycles. The van der Waals surface area contributed by atoms with Crippen LogP contribution in [0.2, 0.25) is 0 Å². The van der Waals surface area contributed by atoms with Gasteiger partial charge in [-0.15, -0.1) is 0 Å². The first kappa shape index (κ1) is 16.2. The zero-order chi connectivity index (χ0) is 17.5. The summed E-state index contributed by atoms with van der Waals surface area (Å²) < 4.78 is 46.0. The third-order valence-electron chi connectivity index (χ3n) is 3.91. The number of aromatic carboxylic acids is 1. The number of rotatable bonds is 3. The number of nitrogens with one attached hydrogen (secondary N) is 1. The molecule has 1 aliphatic rings. The summed E-state index contributed by atoms with van der Waals surface area (Å²) in [4.78, 5) is 11.0. The van der Waals surface area contributed by atoms with Crippen molar-refractivity contribution in [2.75, 3.05) is 12.4 Å². The predicted octanol–water partition coefficient (Wildman–Crippen LogP) is 3.25.